The third-order valence-electron chi connectivity index (χ3n) is 9.47. The Labute approximate surface area is 295 Å². The molecular weight excluding hydrogens is 614 g/mol. The van der Waals surface area contributed by atoms with Gasteiger partial charge in [0.05, 0.1) is 11.6 Å². The van der Waals surface area contributed by atoms with Crippen molar-refractivity contribution in [2.75, 3.05) is 6.54 Å². The molecule has 1 saturated heterocycles. The molecule has 1 heterocycles. The van der Waals surface area contributed by atoms with Gasteiger partial charge < -0.3 is 15.5 Å². The van der Waals surface area contributed by atoms with Gasteiger partial charge in [-0.2, -0.15) is 0 Å². The molecule has 8 nitrogen and oxygen atoms in total. The third kappa shape index (κ3) is 12.5. The highest BCUT2D eigenvalue weighted by Gasteiger charge is 2.42. The number of likely N-dealkylation sites (tertiary alicyclic amines) is 1. The molecule has 8 heteroatoms. The monoisotopic (exact) mass is 675 g/mol. The van der Waals surface area contributed by atoms with E-state index in [2.05, 4.69) is 44.2 Å². The molecule has 0 spiro atoms. The number of benzene rings is 1. The van der Waals surface area contributed by atoms with Crippen LogP contribution in [0.5, 0.6) is 0 Å². The number of hydrogen-bond acceptors (Lipinski definition) is 5. The SMILES string of the molecule is C=CCCC(=O)C(=O)C(CCC=C)CC(=O)[C@@H]1CCCN1C(=O)[C@@H](NC(=O)NC(C)(C)c1cccc(C(=C)C)c1)C1CCCCC1.CCC. The number of hydrogen-bond donors (Lipinski definition) is 2. The molecule has 3 amide bonds. The van der Waals surface area contributed by atoms with E-state index < -0.39 is 41.1 Å². The van der Waals surface area contributed by atoms with Crippen LogP contribution in [0.25, 0.3) is 5.57 Å². The molecule has 0 bridgehead atoms. The van der Waals surface area contributed by atoms with Crippen molar-refractivity contribution in [3.05, 3.63) is 67.3 Å². The predicted molar refractivity (Wildman–Crippen MR) is 199 cm³/mol. The lowest BCUT2D eigenvalue weighted by molar-refractivity contribution is -0.143. The summed E-state index contributed by atoms with van der Waals surface area (Å²) >= 11 is 0. The molecule has 2 aliphatic rings. The van der Waals surface area contributed by atoms with Gasteiger partial charge in [-0.3, -0.25) is 19.2 Å². The molecule has 2 fully saturated rings. The Kier molecular flexibility index (Phi) is 17.4. The number of carbonyl (C=O) groups excluding carboxylic acids is 5. The minimum Gasteiger partial charge on any atom is -0.331 e. The van der Waals surface area contributed by atoms with Crippen molar-refractivity contribution < 1.29 is 24.0 Å². The largest absolute Gasteiger partial charge is 0.331 e. The highest BCUT2D eigenvalue weighted by molar-refractivity contribution is 6.38. The van der Waals surface area contributed by atoms with Crippen LogP contribution in [0, 0.1) is 11.8 Å². The van der Waals surface area contributed by atoms with Gasteiger partial charge in [-0.15, -0.1) is 13.2 Å². The average molecular weight is 676 g/mol. The van der Waals surface area contributed by atoms with Gasteiger partial charge in [-0.1, -0.05) is 82.0 Å². The Morgan fingerprint density at radius 2 is 1.63 bits per heavy atom. The lowest BCUT2D eigenvalue weighted by Crippen LogP contribution is -2.58. The van der Waals surface area contributed by atoms with Crippen LogP contribution in [0.15, 0.2) is 56.2 Å². The summed E-state index contributed by atoms with van der Waals surface area (Å²) in [7, 11) is 0. The number of rotatable bonds is 17. The van der Waals surface area contributed by atoms with Gasteiger partial charge in [-0.25, -0.2) is 4.79 Å². The second-order valence-corrected chi connectivity index (χ2v) is 14.2. The summed E-state index contributed by atoms with van der Waals surface area (Å²) in [4.78, 5) is 68.7. The van der Waals surface area contributed by atoms with Crippen LogP contribution in [0.3, 0.4) is 0 Å². The van der Waals surface area contributed by atoms with Gasteiger partial charge in [0.25, 0.3) is 0 Å². The minimum absolute atomic E-state index is 0.0393. The predicted octanol–water partition coefficient (Wildman–Crippen LogP) is 8.26. The summed E-state index contributed by atoms with van der Waals surface area (Å²) < 4.78 is 0. The molecule has 1 aromatic rings. The van der Waals surface area contributed by atoms with Crippen LogP contribution in [0.2, 0.25) is 0 Å². The van der Waals surface area contributed by atoms with E-state index in [0.29, 0.717) is 38.6 Å². The Hall–Kier alpha value is -3.81. The highest BCUT2D eigenvalue weighted by Crippen LogP contribution is 2.31. The molecule has 2 N–H and O–H groups in total. The fraction of sp³-hybridized carbons (Fsp3) is 0.585. The number of nitrogens with one attached hydrogen (secondary N) is 2. The fourth-order valence-electron chi connectivity index (χ4n) is 6.71. The normalized spacial score (nSPS) is 17.5. The van der Waals surface area contributed by atoms with Crippen molar-refractivity contribution in [1.29, 1.82) is 0 Å². The Morgan fingerprint density at radius 1 is 0.980 bits per heavy atom. The zero-order valence-electron chi connectivity index (χ0n) is 30.8. The van der Waals surface area contributed by atoms with Gasteiger partial charge in [0.15, 0.2) is 11.6 Å². The molecule has 0 aromatic heterocycles. The number of allylic oxidation sites excluding steroid dienone is 3. The van der Waals surface area contributed by atoms with Gasteiger partial charge in [0.1, 0.15) is 6.04 Å². The van der Waals surface area contributed by atoms with E-state index in [4.69, 9.17) is 0 Å². The minimum atomic E-state index is -0.773. The summed E-state index contributed by atoms with van der Waals surface area (Å²) in [6.45, 7) is 21.8. The first-order chi connectivity index (χ1) is 23.3. The van der Waals surface area contributed by atoms with E-state index in [1.165, 1.54) is 6.42 Å². The number of Topliss-reactive ketones (excluding diaryl/α,β-unsaturated/α-hetero) is 3. The molecular formula is C41H61N3O5. The molecule has 1 aliphatic heterocycles. The smallest absolute Gasteiger partial charge is 0.316 e. The van der Waals surface area contributed by atoms with Gasteiger partial charge in [0.2, 0.25) is 11.7 Å². The third-order valence-corrected chi connectivity index (χ3v) is 9.47. The molecule has 270 valence electrons. The first kappa shape index (κ1) is 41.4. The second-order valence-electron chi connectivity index (χ2n) is 14.2. The van der Waals surface area contributed by atoms with Crippen molar-refractivity contribution in [2.45, 2.75) is 136 Å². The maximum absolute atomic E-state index is 14.2. The summed E-state index contributed by atoms with van der Waals surface area (Å²) in [6.07, 6.45) is 11.6. The Balaban J connectivity index is 0.00000267. The number of amides is 3. The maximum atomic E-state index is 14.2. The maximum Gasteiger partial charge on any atom is 0.316 e. The van der Waals surface area contributed by atoms with Gasteiger partial charge in [0, 0.05) is 25.3 Å². The van der Waals surface area contributed by atoms with E-state index in [9.17, 15) is 24.0 Å². The molecule has 3 atom stereocenters. The molecule has 1 saturated carbocycles. The molecule has 3 rings (SSSR count). The van der Waals surface area contributed by atoms with E-state index in [0.717, 1.165) is 48.8 Å². The first-order valence-electron chi connectivity index (χ1n) is 18.3. The van der Waals surface area contributed by atoms with E-state index in [1.807, 2.05) is 45.0 Å². The van der Waals surface area contributed by atoms with Crippen molar-refractivity contribution in [3.63, 3.8) is 0 Å². The van der Waals surface area contributed by atoms with Gasteiger partial charge in [-0.05, 0) is 88.8 Å². The summed E-state index contributed by atoms with van der Waals surface area (Å²) in [5.41, 5.74) is 2.10. The molecule has 0 radical (unpaired) electrons. The van der Waals surface area contributed by atoms with Crippen LogP contribution in [-0.2, 0) is 24.7 Å². The number of urea groups is 1. The molecule has 49 heavy (non-hydrogen) atoms. The zero-order chi connectivity index (χ0) is 36.6. The van der Waals surface area contributed by atoms with Crippen molar-refractivity contribution in [1.82, 2.24) is 15.5 Å². The number of carbonyl (C=O) groups is 5. The quantitative estimate of drug-likeness (QED) is 0.128. The van der Waals surface area contributed by atoms with Crippen molar-refractivity contribution in [2.24, 2.45) is 11.8 Å². The standard InChI is InChI=1S/C38H53N3O5.C3H8/c1-7-9-16-29(35(44)32(42)22-10-8-2)25-33(43)31-21-15-23-41(31)36(45)34(27-17-12-11-13-18-27)39-37(46)40-38(5,6)30-20-14-19-28(24-30)26(3)4;1-3-2/h7-8,14,19-20,24,27,29,31,34H,1-3,9-13,15-18,21-23,25H2,4-6H3,(H2,39,40,46);3H2,1-2H3/t29?,31-,34-;/m0./s1. The van der Waals surface area contributed by atoms with Crippen molar-refractivity contribution in [3.8, 4) is 0 Å². The number of nitrogens with zero attached hydrogens (tertiary/aromatic N) is 1. The zero-order valence-corrected chi connectivity index (χ0v) is 30.8. The molecule has 1 aliphatic carbocycles. The van der Waals surface area contributed by atoms with Crippen molar-refractivity contribution >= 4 is 34.9 Å². The van der Waals surface area contributed by atoms with E-state index >= 15 is 0 Å². The molecule has 1 aromatic carbocycles. The highest BCUT2D eigenvalue weighted by atomic mass is 16.2. The summed E-state index contributed by atoms with van der Waals surface area (Å²) in [5.74, 6) is -2.29. The number of ketones is 3. The fourth-order valence-corrected chi connectivity index (χ4v) is 6.71. The van der Waals surface area contributed by atoms with Crippen LogP contribution < -0.4 is 10.6 Å². The van der Waals surface area contributed by atoms with Crippen LogP contribution >= 0.6 is 0 Å². The Morgan fingerprint density at radius 3 is 2.24 bits per heavy atom. The first-order valence-corrected chi connectivity index (χ1v) is 18.3. The van der Waals surface area contributed by atoms with Crippen LogP contribution in [0.4, 0.5) is 4.79 Å². The van der Waals surface area contributed by atoms with E-state index in [-0.39, 0.29) is 30.4 Å². The average Bonchev–Trinajstić information content (AvgIpc) is 3.58. The lowest BCUT2D eigenvalue weighted by Gasteiger charge is -2.36. The topological polar surface area (TPSA) is 113 Å². The summed E-state index contributed by atoms with van der Waals surface area (Å²) in [5, 5.41) is 6.09. The molecule has 1 unspecified atom stereocenters. The van der Waals surface area contributed by atoms with Gasteiger partial charge >= 0.3 is 6.03 Å². The van der Waals surface area contributed by atoms with E-state index in [1.54, 1.807) is 17.1 Å². The van der Waals surface area contributed by atoms with Crippen LogP contribution in [0.1, 0.15) is 129 Å². The van der Waals surface area contributed by atoms with Crippen LogP contribution in [-0.4, -0.2) is 52.8 Å². The second kappa shape index (κ2) is 20.6. The summed E-state index contributed by atoms with van der Waals surface area (Å²) in [6, 6.07) is 5.98. The Bertz CT molecular complexity index is 1330. The lowest BCUT2D eigenvalue weighted by atomic mass is 9.83.